The number of hydrogen-bond acceptors (Lipinski definition) is 9. The van der Waals surface area contributed by atoms with Crippen LogP contribution in [0, 0.1) is 0 Å². The van der Waals surface area contributed by atoms with Gasteiger partial charge in [0, 0.05) is 13.1 Å². The number of nitrogens with zero attached hydrogens (tertiary/aromatic N) is 1. The summed E-state index contributed by atoms with van der Waals surface area (Å²) < 4.78 is 18.3. The molecule has 378 valence electrons. The van der Waals surface area contributed by atoms with E-state index in [1.165, 1.54) is 25.3 Å². The Morgan fingerprint density at radius 3 is 1.27 bits per heavy atom. The quantitative estimate of drug-likeness (QED) is 0.0386. The van der Waals surface area contributed by atoms with Crippen molar-refractivity contribution in [1.29, 1.82) is 0 Å². The number of methoxy groups -OCH3 is 1. The van der Waals surface area contributed by atoms with Gasteiger partial charge in [-0.25, -0.2) is 4.79 Å². The molecule has 1 heterocycles. The summed E-state index contributed by atoms with van der Waals surface area (Å²) in [5, 5.41) is 21.6. The molecule has 0 aliphatic carbocycles. The van der Waals surface area contributed by atoms with E-state index in [1.54, 1.807) is 42.5 Å². The molecule has 4 aromatic carbocycles. The Bertz CT molecular complexity index is 2370. The van der Waals surface area contributed by atoms with Crippen molar-refractivity contribution in [3.8, 4) is 0 Å². The van der Waals surface area contributed by atoms with Gasteiger partial charge in [0.05, 0.1) is 54.4 Å². The van der Waals surface area contributed by atoms with Gasteiger partial charge >= 0.3 is 17.9 Å². The number of carbonyl (C=O) groups excluding carboxylic acids is 4. The van der Waals surface area contributed by atoms with E-state index in [2.05, 4.69) is 88.4 Å². The first-order valence-corrected chi connectivity index (χ1v) is 28.6. The first-order chi connectivity index (χ1) is 32.9. The molecule has 4 aromatic rings. The predicted molar refractivity (Wildman–Crippen MR) is 277 cm³/mol. The standard InChI is InChI=1S/C28H37NO5Si.C27H37NO6Si/c1-18(2)35(19(3)4,20(5)6)34-17-21-12-14-22(15-13-21)25(28(32)33-7)16-29-26(30)23-10-8-9-11-24(23)27(29)31;1-17(2)35(18(3)4,19(5)6)34-16-20-11-13-21(14-12-20)24(27(32)33)15-28-25(29)22-9-7-8-10-23(22)26(30)31/h8-15,18-20,25H,16-17H2,1-7H3;7-14,17-19,24H,15-16H2,1-6H3,(H,28,29)(H,30,31)(H,32,33). The Hall–Kier alpha value is -5.75. The van der Waals surface area contributed by atoms with Gasteiger partial charge in [-0.2, -0.15) is 0 Å². The smallest absolute Gasteiger partial charge is 0.336 e. The summed E-state index contributed by atoms with van der Waals surface area (Å²) in [5.74, 6) is -5.93. The van der Waals surface area contributed by atoms with Crippen LogP contribution in [-0.2, 0) is 36.4 Å². The number of rotatable bonds is 22. The van der Waals surface area contributed by atoms with Gasteiger partial charge in [-0.15, -0.1) is 0 Å². The highest BCUT2D eigenvalue weighted by atomic mass is 28.4. The second-order valence-electron chi connectivity index (χ2n) is 20.0. The van der Waals surface area contributed by atoms with E-state index in [-0.39, 0.29) is 36.0 Å². The number of aliphatic carboxylic acids is 1. The first-order valence-electron chi connectivity index (χ1n) is 24.3. The molecule has 0 radical (unpaired) electrons. The van der Waals surface area contributed by atoms with Gasteiger partial charge < -0.3 is 29.1 Å². The van der Waals surface area contributed by atoms with E-state index in [9.17, 15) is 39.0 Å². The maximum Gasteiger partial charge on any atom is 0.336 e. The lowest BCUT2D eigenvalue weighted by Crippen LogP contribution is -2.47. The highest BCUT2D eigenvalue weighted by Crippen LogP contribution is 2.44. The number of esters is 1. The van der Waals surface area contributed by atoms with E-state index < -0.39 is 52.3 Å². The topological polar surface area (TPSA) is 186 Å². The van der Waals surface area contributed by atoms with Crippen LogP contribution in [0.2, 0.25) is 33.2 Å². The molecule has 0 saturated carbocycles. The molecule has 0 aromatic heterocycles. The van der Waals surface area contributed by atoms with Crippen LogP contribution in [0.1, 0.15) is 159 Å². The molecule has 1 aliphatic heterocycles. The summed E-state index contributed by atoms with van der Waals surface area (Å²) in [7, 11) is -2.70. The van der Waals surface area contributed by atoms with Crippen LogP contribution in [0.3, 0.4) is 0 Å². The minimum Gasteiger partial charge on any atom is -0.481 e. The Balaban J connectivity index is 0.000000305. The molecule has 0 fully saturated rings. The van der Waals surface area contributed by atoms with E-state index in [0.29, 0.717) is 68.7 Å². The van der Waals surface area contributed by atoms with Crippen molar-refractivity contribution in [1.82, 2.24) is 10.2 Å². The third-order valence-corrected chi connectivity index (χ3v) is 26.2. The monoisotopic (exact) mass is 994 g/mol. The molecule has 3 amide bonds. The van der Waals surface area contributed by atoms with Crippen LogP contribution in [0.25, 0.3) is 0 Å². The molecule has 1 aliphatic rings. The minimum atomic E-state index is -2.02. The SMILES string of the molecule is CC(C)[Si](OCc1ccc(C(CNC(=O)c2ccccc2C(=O)O)C(=O)O)cc1)(C(C)C)C(C)C.COC(=O)C(CN1C(=O)c2ccccc2C1=O)c1ccc(CO[Si](C(C)C)(C(C)C)C(C)C)cc1. The zero-order chi connectivity index (χ0) is 52.2. The molecular weight excluding hydrogens is 921 g/mol. The number of carboxylic acids is 2. The maximum absolute atomic E-state index is 12.8. The lowest BCUT2D eigenvalue weighted by molar-refractivity contribution is -0.142. The number of amides is 3. The summed E-state index contributed by atoms with van der Waals surface area (Å²) >= 11 is 0. The summed E-state index contributed by atoms with van der Waals surface area (Å²) in [5.41, 5.74) is 6.69. The third kappa shape index (κ3) is 12.8. The van der Waals surface area contributed by atoms with Crippen molar-refractivity contribution in [2.75, 3.05) is 20.2 Å². The van der Waals surface area contributed by atoms with Crippen molar-refractivity contribution < 1.29 is 52.6 Å². The summed E-state index contributed by atoms with van der Waals surface area (Å²) in [6, 6.07) is 27.4. The number of ether oxygens (including phenoxy) is 1. The molecule has 3 N–H and O–H groups in total. The van der Waals surface area contributed by atoms with Gasteiger partial charge in [0.1, 0.15) is 0 Å². The third-order valence-electron chi connectivity index (χ3n) is 14.1. The second-order valence-corrected chi connectivity index (χ2v) is 30.9. The van der Waals surface area contributed by atoms with E-state index >= 15 is 0 Å². The fourth-order valence-electron chi connectivity index (χ4n) is 10.7. The Labute approximate surface area is 416 Å². The maximum atomic E-state index is 12.8. The molecule has 13 nitrogen and oxygen atoms in total. The van der Waals surface area contributed by atoms with Gasteiger partial charge in [0.25, 0.3) is 17.7 Å². The second kappa shape index (κ2) is 24.9. The molecule has 2 atom stereocenters. The predicted octanol–water partition coefficient (Wildman–Crippen LogP) is 11.6. The fourth-order valence-corrected chi connectivity index (χ4v) is 21.5. The highest BCUT2D eigenvalue weighted by molar-refractivity contribution is 6.78. The first kappa shape index (κ1) is 56.8. The fraction of sp³-hybridized carbons (Fsp3) is 0.455. The van der Waals surface area contributed by atoms with Crippen molar-refractivity contribution in [3.63, 3.8) is 0 Å². The lowest BCUT2D eigenvalue weighted by atomic mass is 9.97. The average molecular weight is 995 g/mol. The number of imide groups is 1. The Morgan fingerprint density at radius 1 is 0.543 bits per heavy atom. The number of hydrogen-bond donors (Lipinski definition) is 3. The summed E-state index contributed by atoms with van der Waals surface area (Å²) in [6.45, 7) is 27.7. The van der Waals surface area contributed by atoms with Gasteiger partial charge in [-0.05, 0) is 79.8 Å². The van der Waals surface area contributed by atoms with E-state index in [4.69, 9.17) is 13.6 Å². The van der Waals surface area contributed by atoms with Crippen LogP contribution < -0.4 is 5.32 Å². The van der Waals surface area contributed by atoms with Gasteiger partial charge in [0.2, 0.25) is 16.6 Å². The number of fused-ring (bicyclic) bond motifs is 1. The largest absolute Gasteiger partial charge is 0.481 e. The highest BCUT2D eigenvalue weighted by Gasteiger charge is 2.46. The van der Waals surface area contributed by atoms with Gasteiger partial charge in [-0.1, -0.05) is 156 Å². The van der Waals surface area contributed by atoms with E-state index in [0.717, 1.165) is 16.0 Å². The zero-order valence-electron chi connectivity index (χ0n) is 43.2. The summed E-state index contributed by atoms with van der Waals surface area (Å²) in [6.07, 6.45) is 0. The van der Waals surface area contributed by atoms with Crippen molar-refractivity contribution >= 4 is 52.3 Å². The summed E-state index contributed by atoms with van der Waals surface area (Å²) in [4.78, 5) is 75.3. The number of aromatic carboxylic acids is 1. The normalized spacial score (nSPS) is 13.7. The number of benzene rings is 4. The zero-order valence-corrected chi connectivity index (χ0v) is 45.2. The van der Waals surface area contributed by atoms with Gasteiger partial charge in [-0.3, -0.25) is 28.9 Å². The van der Waals surface area contributed by atoms with Crippen LogP contribution in [0.5, 0.6) is 0 Å². The molecule has 70 heavy (non-hydrogen) atoms. The molecule has 0 spiro atoms. The molecular formula is C55H74N2O11Si2. The van der Waals surface area contributed by atoms with Crippen molar-refractivity contribution in [2.24, 2.45) is 0 Å². The van der Waals surface area contributed by atoms with Gasteiger partial charge in [0.15, 0.2) is 0 Å². The van der Waals surface area contributed by atoms with Crippen LogP contribution in [-0.4, -0.2) is 87.6 Å². The minimum absolute atomic E-state index is 0.00950. The molecule has 2 unspecified atom stereocenters. The van der Waals surface area contributed by atoms with E-state index in [1.807, 2.05) is 36.4 Å². The lowest BCUT2D eigenvalue weighted by Gasteiger charge is -2.42. The van der Waals surface area contributed by atoms with Crippen molar-refractivity contribution in [2.45, 2.75) is 141 Å². The van der Waals surface area contributed by atoms with Crippen LogP contribution in [0.15, 0.2) is 97.1 Å². The number of nitrogens with one attached hydrogen (secondary N) is 1. The van der Waals surface area contributed by atoms with Crippen LogP contribution >= 0.6 is 0 Å². The Kier molecular flexibility index (Phi) is 20.2. The average Bonchev–Trinajstić information content (AvgIpc) is 3.55. The molecule has 15 heteroatoms. The van der Waals surface area contributed by atoms with Crippen molar-refractivity contribution in [3.05, 3.63) is 142 Å². The molecule has 0 bridgehead atoms. The number of carboxylic acid groups (broad SMARTS) is 2. The molecule has 0 saturated heterocycles. The Morgan fingerprint density at radius 2 is 0.914 bits per heavy atom. The van der Waals surface area contributed by atoms with Crippen LogP contribution in [0.4, 0.5) is 0 Å². The molecule has 5 rings (SSSR count). The number of carbonyl (C=O) groups is 6.